The zero-order valence-electron chi connectivity index (χ0n) is 18.2. The molecule has 13 heteroatoms. The fourth-order valence-corrected chi connectivity index (χ4v) is 4.18. The molecular weight excluding hydrogens is 521 g/mol. The molecule has 188 valence electrons. The molecule has 0 saturated heterocycles. The van der Waals surface area contributed by atoms with Gasteiger partial charge in [-0.2, -0.15) is 18.4 Å². The molecular formula is C24H13ClF5N5O2. The molecule has 3 aromatic carbocycles. The second-order valence-corrected chi connectivity index (χ2v) is 8.32. The molecule has 1 aliphatic heterocycles. The van der Waals surface area contributed by atoms with E-state index >= 15 is 0 Å². The summed E-state index contributed by atoms with van der Waals surface area (Å²) in [6.45, 7) is 0. The van der Waals surface area contributed by atoms with Crippen LogP contribution in [0.3, 0.4) is 0 Å². The van der Waals surface area contributed by atoms with Gasteiger partial charge in [-0.1, -0.05) is 11.6 Å². The van der Waals surface area contributed by atoms with Crippen molar-refractivity contribution in [3.63, 3.8) is 0 Å². The SMILES string of the molecule is N#CC(=N)c1cc(NC(=O)c2cc(F)cc(C(F)(F)F)c2)c2c(c1N)C(=O)NC2c1cc(F)ccc1Cl. The van der Waals surface area contributed by atoms with Gasteiger partial charge >= 0.3 is 6.18 Å². The molecule has 0 bridgehead atoms. The number of amides is 2. The van der Waals surface area contributed by atoms with Crippen LogP contribution in [-0.2, 0) is 6.18 Å². The molecule has 0 aliphatic carbocycles. The van der Waals surface area contributed by atoms with Crippen LogP contribution in [0.5, 0.6) is 0 Å². The van der Waals surface area contributed by atoms with Crippen LogP contribution in [0.15, 0.2) is 42.5 Å². The number of nitrogens with two attached hydrogens (primary N) is 1. The Morgan fingerprint density at radius 2 is 1.84 bits per heavy atom. The van der Waals surface area contributed by atoms with Crippen LogP contribution in [0.1, 0.15) is 49.0 Å². The van der Waals surface area contributed by atoms with Crippen molar-refractivity contribution in [3.05, 3.63) is 92.5 Å². The van der Waals surface area contributed by atoms with E-state index in [0.29, 0.717) is 12.1 Å². The lowest BCUT2D eigenvalue weighted by Crippen LogP contribution is -2.21. The van der Waals surface area contributed by atoms with Crippen LogP contribution < -0.4 is 16.4 Å². The standard InChI is InChI=1S/C24H13ClF5N5O2/c25-15-2-1-11(26)6-13(15)21-18-17(7-14(16(32)8-31)20(33)19(18)23(37)35-21)34-22(36)9-3-10(24(28,29)30)5-12(27)4-9/h1-7,21,32H,33H2,(H,34,36)(H,35,37). The van der Waals surface area contributed by atoms with Gasteiger partial charge < -0.3 is 16.4 Å². The number of halogens is 6. The Bertz CT molecular complexity index is 1550. The second kappa shape index (κ2) is 9.18. The first-order valence-corrected chi connectivity index (χ1v) is 10.6. The maximum absolute atomic E-state index is 14.0. The minimum Gasteiger partial charge on any atom is -0.397 e. The zero-order chi connectivity index (χ0) is 27.2. The number of alkyl halides is 3. The third kappa shape index (κ3) is 4.68. The van der Waals surface area contributed by atoms with E-state index in [1.54, 1.807) is 6.07 Å². The quantitative estimate of drug-likeness (QED) is 0.208. The number of nitriles is 1. The molecule has 1 atom stereocenters. The van der Waals surface area contributed by atoms with Crippen molar-refractivity contribution in [3.8, 4) is 6.07 Å². The van der Waals surface area contributed by atoms with Crippen molar-refractivity contribution >= 4 is 40.5 Å². The van der Waals surface area contributed by atoms with Gasteiger partial charge in [0, 0.05) is 33.0 Å². The smallest absolute Gasteiger partial charge is 0.397 e. The normalized spacial score (nSPS) is 14.5. The number of nitrogen functional groups attached to an aromatic ring is 1. The van der Waals surface area contributed by atoms with Crippen molar-refractivity contribution in [1.82, 2.24) is 5.32 Å². The summed E-state index contributed by atoms with van der Waals surface area (Å²) in [6, 6.07) is 5.98. The highest BCUT2D eigenvalue weighted by Gasteiger charge is 2.38. The molecule has 4 rings (SSSR count). The van der Waals surface area contributed by atoms with Gasteiger partial charge in [-0.15, -0.1) is 0 Å². The van der Waals surface area contributed by atoms with E-state index < -0.39 is 52.5 Å². The van der Waals surface area contributed by atoms with E-state index in [9.17, 15) is 36.8 Å². The molecule has 2 amide bonds. The van der Waals surface area contributed by atoms with E-state index in [-0.39, 0.29) is 44.7 Å². The van der Waals surface area contributed by atoms with Gasteiger partial charge in [-0.25, -0.2) is 8.78 Å². The number of rotatable bonds is 4. The van der Waals surface area contributed by atoms with Crippen molar-refractivity contribution in [2.45, 2.75) is 12.2 Å². The molecule has 0 spiro atoms. The van der Waals surface area contributed by atoms with Crippen LogP contribution in [-0.4, -0.2) is 17.5 Å². The predicted molar refractivity (Wildman–Crippen MR) is 123 cm³/mol. The number of nitrogens with one attached hydrogen (secondary N) is 3. The van der Waals surface area contributed by atoms with E-state index in [0.717, 1.165) is 18.2 Å². The van der Waals surface area contributed by atoms with Gasteiger partial charge in [-0.05, 0) is 42.5 Å². The summed E-state index contributed by atoms with van der Waals surface area (Å²) in [5.41, 5.74) is 2.25. The number of nitrogens with zero attached hydrogens (tertiary/aromatic N) is 1. The Hall–Kier alpha value is -4.50. The Kier molecular flexibility index (Phi) is 6.35. The zero-order valence-corrected chi connectivity index (χ0v) is 19.0. The van der Waals surface area contributed by atoms with Crippen molar-refractivity contribution in [2.75, 3.05) is 11.1 Å². The summed E-state index contributed by atoms with van der Waals surface area (Å²) in [7, 11) is 0. The van der Waals surface area contributed by atoms with Crippen LogP contribution in [0, 0.1) is 28.4 Å². The predicted octanol–water partition coefficient (Wildman–Crippen LogP) is 5.20. The highest BCUT2D eigenvalue weighted by molar-refractivity contribution is 6.31. The van der Waals surface area contributed by atoms with Gasteiger partial charge in [0.15, 0.2) is 0 Å². The Balaban J connectivity index is 1.91. The van der Waals surface area contributed by atoms with Crippen molar-refractivity contribution in [2.24, 2.45) is 0 Å². The van der Waals surface area contributed by atoms with Crippen LogP contribution >= 0.6 is 11.6 Å². The molecule has 3 aromatic rings. The first kappa shape index (κ1) is 25.6. The number of hydrogen-bond acceptors (Lipinski definition) is 5. The minimum atomic E-state index is -4.94. The first-order valence-electron chi connectivity index (χ1n) is 10.2. The van der Waals surface area contributed by atoms with E-state index in [1.807, 2.05) is 0 Å². The lowest BCUT2D eigenvalue weighted by atomic mass is 9.92. The first-order chi connectivity index (χ1) is 17.3. The fraction of sp³-hybridized carbons (Fsp3) is 0.0833. The molecule has 5 N–H and O–H groups in total. The Morgan fingerprint density at radius 3 is 2.49 bits per heavy atom. The topological polar surface area (TPSA) is 132 Å². The third-order valence-electron chi connectivity index (χ3n) is 5.58. The monoisotopic (exact) mass is 533 g/mol. The highest BCUT2D eigenvalue weighted by Crippen LogP contribution is 2.43. The molecule has 0 radical (unpaired) electrons. The summed E-state index contributed by atoms with van der Waals surface area (Å²) < 4.78 is 67.3. The molecule has 0 fully saturated rings. The van der Waals surface area contributed by atoms with E-state index in [4.69, 9.17) is 22.7 Å². The number of hydrogen-bond donors (Lipinski definition) is 4. The molecule has 1 aliphatic rings. The van der Waals surface area contributed by atoms with Gasteiger partial charge in [0.05, 0.1) is 22.9 Å². The molecule has 0 saturated carbocycles. The van der Waals surface area contributed by atoms with Crippen molar-refractivity contribution in [1.29, 1.82) is 10.7 Å². The summed E-state index contributed by atoms with van der Waals surface area (Å²) in [6.07, 6.45) is -4.94. The number of benzene rings is 3. The lowest BCUT2D eigenvalue weighted by molar-refractivity contribution is -0.137. The summed E-state index contributed by atoms with van der Waals surface area (Å²) in [5.74, 6) is -4.03. The average Bonchev–Trinajstić information content (AvgIpc) is 3.18. The van der Waals surface area contributed by atoms with E-state index in [2.05, 4.69) is 10.6 Å². The average molecular weight is 534 g/mol. The maximum atomic E-state index is 14.0. The minimum absolute atomic E-state index is 0.0317. The summed E-state index contributed by atoms with van der Waals surface area (Å²) >= 11 is 6.20. The van der Waals surface area contributed by atoms with E-state index in [1.165, 1.54) is 6.07 Å². The summed E-state index contributed by atoms with van der Waals surface area (Å²) in [5, 5.41) is 21.9. The fourth-order valence-electron chi connectivity index (χ4n) is 3.95. The molecule has 0 aromatic heterocycles. The Morgan fingerprint density at radius 1 is 1.14 bits per heavy atom. The van der Waals surface area contributed by atoms with Crippen molar-refractivity contribution < 1.29 is 31.5 Å². The molecule has 37 heavy (non-hydrogen) atoms. The number of carbonyl (C=O) groups is 2. The van der Waals surface area contributed by atoms with Crippen LogP contribution in [0.2, 0.25) is 5.02 Å². The van der Waals surface area contributed by atoms with Gasteiger partial charge in [-0.3, -0.25) is 15.0 Å². The van der Waals surface area contributed by atoms with Gasteiger partial charge in [0.2, 0.25) is 0 Å². The number of fused-ring (bicyclic) bond motifs is 1. The van der Waals surface area contributed by atoms with Gasteiger partial charge in [0.1, 0.15) is 23.4 Å². The lowest BCUT2D eigenvalue weighted by Gasteiger charge is -2.20. The maximum Gasteiger partial charge on any atom is 0.416 e. The van der Waals surface area contributed by atoms with Crippen LogP contribution in [0.25, 0.3) is 0 Å². The highest BCUT2D eigenvalue weighted by atomic mass is 35.5. The van der Waals surface area contributed by atoms with Crippen LogP contribution in [0.4, 0.5) is 33.3 Å². The Labute approximate surface area is 210 Å². The molecule has 1 heterocycles. The molecule has 7 nitrogen and oxygen atoms in total. The summed E-state index contributed by atoms with van der Waals surface area (Å²) in [4.78, 5) is 25.8. The van der Waals surface area contributed by atoms with Gasteiger partial charge in [0.25, 0.3) is 11.8 Å². The molecule has 1 unspecified atom stereocenters. The second-order valence-electron chi connectivity index (χ2n) is 7.91. The largest absolute Gasteiger partial charge is 0.416 e. The number of anilines is 2. The number of carbonyl (C=O) groups excluding carboxylic acids is 2. The third-order valence-corrected chi connectivity index (χ3v) is 5.93.